The quantitative estimate of drug-likeness (QED) is 0.251. The third-order valence-corrected chi connectivity index (χ3v) is 9.52. The Morgan fingerprint density at radius 1 is 0.762 bits per heavy atom. The second-order valence-corrected chi connectivity index (χ2v) is 16.8. The molecule has 230 valence electrons. The van der Waals surface area contributed by atoms with Gasteiger partial charge in [0.15, 0.2) is 0 Å². The molecule has 0 saturated heterocycles. The summed E-state index contributed by atoms with van der Waals surface area (Å²) >= 11 is 1.69. The summed E-state index contributed by atoms with van der Waals surface area (Å²) in [6.45, 7) is 24.9. The summed E-state index contributed by atoms with van der Waals surface area (Å²) in [7, 11) is 0. The maximum absolute atomic E-state index is 3.53. The van der Waals surface area contributed by atoms with Gasteiger partial charge in [0.25, 0.3) is 0 Å². The average Bonchev–Trinajstić information content (AvgIpc) is 3.43. The molecule has 0 spiro atoms. The van der Waals surface area contributed by atoms with Crippen molar-refractivity contribution in [2.75, 3.05) is 0 Å². The minimum atomic E-state index is 0. The zero-order valence-corrected chi connectivity index (χ0v) is 32.2. The Bertz CT molecular complexity index is 1240. The Hall–Kier alpha value is -0.877. The molecule has 0 heterocycles. The first-order chi connectivity index (χ1) is 18.5. The van der Waals surface area contributed by atoms with E-state index in [1.54, 1.807) is 27.4 Å². The third-order valence-electron chi connectivity index (χ3n) is 8.29. The van der Waals surface area contributed by atoms with Crippen molar-refractivity contribution >= 4 is 3.21 Å². The van der Waals surface area contributed by atoms with E-state index in [2.05, 4.69) is 125 Å². The first-order valence-electron chi connectivity index (χ1n) is 15.5. The van der Waals surface area contributed by atoms with Crippen LogP contribution in [0, 0.1) is 13.0 Å². The van der Waals surface area contributed by atoms with Gasteiger partial charge in [-0.15, -0.1) is 5.56 Å². The Morgan fingerprint density at radius 2 is 1.33 bits per heavy atom. The zero-order valence-electron chi connectivity index (χ0n) is 28.2. The van der Waals surface area contributed by atoms with E-state index >= 15 is 0 Å². The van der Waals surface area contributed by atoms with Crippen molar-refractivity contribution in [3.8, 4) is 11.1 Å². The van der Waals surface area contributed by atoms with E-state index in [-0.39, 0.29) is 35.6 Å². The number of hydrogen-bond donors (Lipinski definition) is 0. The number of benzene rings is 2. The van der Waals surface area contributed by atoms with Crippen LogP contribution in [0.4, 0.5) is 0 Å². The molecule has 1 saturated carbocycles. The van der Waals surface area contributed by atoms with Crippen molar-refractivity contribution in [2.45, 2.75) is 137 Å². The number of hydrogen-bond acceptors (Lipinski definition) is 0. The van der Waals surface area contributed by atoms with Crippen molar-refractivity contribution in [2.24, 2.45) is 0 Å². The summed E-state index contributed by atoms with van der Waals surface area (Å²) in [5, 5.41) is 0. The van der Waals surface area contributed by atoms with Gasteiger partial charge in [-0.05, 0) is 17.4 Å². The van der Waals surface area contributed by atoms with E-state index < -0.39 is 0 Å². The molecule has 0 nitrogen and oxygen atoms in total. The van der Waals surface area contributed by atoms with Crippen LogP contribution in [0.1, 0.15) is 140 Å². The van der Waals surface area contributed by atoms with Gasteiger partial charge in [0.2, 0.25) is 0 Å². The fraction of sp³-hybridized carbons (Fsp3) is 0.538. The van der Waals surface area contributed by atoms with Crippen molar-refractivity contribution in [3.05, 3.63) is 87.5 Å². The second kappa shape index (κ2) is 15.9. The molecule has 0 aromatic heterocycles. The minimum absolute atomic E-state index is 0. The summed E-state index contributed by atoms with van der Waals surface area (Å²) in [4.78, 5) is 0. The van der Waals surface area contributed by atoms with Gasteiger partial charge in [-0.1, -0.05) is 123 Å². The Labute approximate surface area is 286 Å². The molecule has 0 unspecified atom stereocenters. The van der Waals surface area contributed by atoms with Gasteiger partial charge in [0, 0.05) is 0 Å². The summed E-state index contributed by atoms with van der Waals surface area (Å²) < 4.78 is 1.80. The molecule has 0 N–H and O–H groups in total. The van der Waals surface area contributed by atoms with Crippen LogP contribution in [0.5, 0.6) is 0 Å². The van der Waals surface area contributed by atoms with E-state index in [0.717, 1.165) is 12.8 Å². The molecule has 2 aliphatic rings. The van der Waals surface area contributed by atoms with Crippen LogP contribution in [0.15, 0.2) is 42.5 Å². The van der Waals surface area contributed by atoms with Crippen molar-refractivity contribution < 1.29 is 49.0 Å². The van der Waals surface area contributed by atoms with Gasteiger partial charge < -0.3 is 24.8 Å². The van der Waals surface area contributed by atoms with Gasteiger partial charge in [-0.3, -0.25) is 0 Å². The molecule has 0 radical (unpaired) electrons. The summed E-state index contributed by atoms with van der Waals surface area (Å²) in [5.74, 6) is 0. The molecule has 0 bridgehead atoms. The van der Waals surface area contributed by atoms with E-state index in [9.17, 15) is 0 Å². The predicted octanol–water partition coefficient (Wildman–Crippen LogP) is 4.90. The van der Waals surface area contributed by atoms with Gasteiger partial charge >= 0.3 is 59.5 Å². The monoisotopic (exact) mass is 682 g/mol. The number of halogens is 2. The van der Waals surface area contributed by atoms with E-state index in [4.69, 9.17) is 0 Å². The number of aryl methyl sites for hydroxylation is 2. The van der Waals surface area contributed by atoms with E-state index in [1.807, 2.05) is 0 Å². The van der Waals surface area contributed by atoms with Crippen LogP contribution in [0.25, 0.3) is 11.1 Å². The Kier molecular flexibility index (Phi) is 14.8. The molecule has 5 rings (SSSR count). The van der Waals surface area contributed by atoms with Gasteiger partial charge in [-0.2, -0.15) is 52.1 Å². The molecule has 3 aromatic carbocycles. The zero-order chi connectivity index (χ0) is 29.9. The normalized spacial score (nSPS) is 14.3. The maximum atomic E-state index is 3.53. The van der Waals surface area contributed by atoms with Crippen LogP contribution >= 0.6 is 0 Å². The van der Waals surface area contributed by atoms with Crippen LogP contribution in [-0.4, -0.2) is 3.21 Å². The van der Waals surface area contributed by atoms with Crippen molar-refractivity contribution in [1.29, 1.82) is 0 Å². The molecular formula is C39H54Cl2Zr-2. The summed E-state index contributed by atoms with van der Waals surface area (Å²) in [6, 6.07) is 19.7. The molecule has 1 fully saturated rings. The second-order valence-electron chi connectivity index (χ2n) is 15.1. The molecular weight excluding hydrogens is 631 g/mol. The molecule has 42 heavy (non-hydrogen) atoms. The molecule has 2 aliphatic carbocycles. The average molecular weight is 685 g/mol. The van der Waals surface area contributed by atoms with Crippen molar-refractivity contribution in [1.82, 2.24) is 0 Å². The van der Waals surface area contributed by atoms with Crippen LogP contribution in [0.3, 0.4) is 0 Å². The predicted molar refractivity (Wildman–Crippen MR) is 174 cm³/mol. The molecule has 0 atom stereocenters. The van der Waals surface area contributed by atoms with Crippen LogP contribution in [0.2, 0.25) is 0 Å². The van der Waals surface area contributed by atoms with E-state index in [0.29, 0.717) is 5.41 Å². The molecule has 0 amide bonds. The Balaban J connectivity index is 0.000000356. The van der Waals surface area contributed by atoms with Crippen LogP contribution in [-0.2, 0) is 53.3 Å². The topological polar surface area (TPSA) is 0 Å². The van der Waals surface area contributed by atoms with Gasteiger partial charge in [0.1, 0.15) is 0 Å². The first-order valence-corrected chi connectivity index (χ1v) is 16.8. The third kappa shape index (κ3) is 10.6. The molecule has 0 aliphatic heterocycles. The van der Waals surface area contributed by atoms with Crippen molar-refractivity contribution in [3.63, 3.8) is 0 Å². The Morgan fingerprint density at radius 3 is 1.79 bits per heavy atom. The number of rotatable bonds is 1. The van der Waals surface area contributed by atoms with Crippen LogP contribution < -0.4 is 24.8 Å². The van der Waals surface area contributed by atoms with Gasteiger partial charge in [0.05, 0.1) is 0 Å². The SMILES string of the molecule is CC(C)(C)c1c[c-]c2c(c1)-c1cc(C(C)(C)C)ccc1C2.CCc1[cH-]c(C)cc1C(C)(C)C.[Cl-].[Cl-].[Zr+2]=[C]1CCCCC1. The van der Waals surface area contributed by atoms with E-state index in [1.165, 1.54) is 82.2 Å². The fourth-order valence-electron chi connectivity index (χ4n) is 5.67. The molecule has 3 aromatic rings. The standard InChI is InChI=1S/C21H25.C12H19.C6H10.2ClH.Zr/c1-20(2,3)16-9-7-14-11-15-8-10-17(21(4,5)6)13-19(15)18(14)12-16;1-6-10-7-9(2)8-11(10)12(3,4)5;1-2-4-6-5-3-1;;;/h7,9-10,12-13H,11H2,1-6H3;7-8H,6H2,1-5H3;1-5H2;2*1H;/q2*-1;;;;+2/p-2. The fourth-order valence-corrected chi connectivity index (χ4v) is 6.54. The number of fused-ring (bicyclic) bond motifs is 3. The first kappa shape index (κ1) is 39.1. The summed E-state index contributed by atoms with van der Waals surface area (Å²) in [6.07, 6.45) is 9.50. The molecule has 3 heteroatoms. The van der Waals surface area contributed by atoms with Gasteiger partial charge in [-0.25, -0.2) is 6.07 Å². The summed E-state index contributed by atoms with van der Waals surface area (Å²) in [5.41, 5.74) is 13.5.